The van der Waals surface area contributed by atoms with Gasteiger partial charge in [-0.3, -0.25) is 4.31 Å². The number of rotatable bonds is 5. The van der Waals surface area contributed by atoms with Crippen LogP contribution in [0.15, 0.2) is 65.6 Å². The Balaban J connectivity index is 2.24. The first kappa shape index (κ1) is 21.2. The number of aryl methyl sites for hydroxylation is 1. The highest BCUT2D eigenvalue weighted by Gasteiger charge is 2.33. The number of hydrogen-bond donors (Lipinski definition) is 0. The lowest BCUT2D eigenvalue weighted by Gasteiger charge is -2.32. The van der Waals surface area contributed by atoms with Crippen LogP contribution in [0.25, 0.3) is 0 Å². The summed E-state index contributed by atoms with van der Waals surface area (Å²) in [6.45, 7) is 3.14. The molecule has 0 aliphatic heterocycles. The Morgan fingerprint density at radius 3 is 2.10 bits per heavy atom. The molecule has 0 aliphatic carbocycles. The molecule has 0 aliphatic rings. The third kappa shape index (κ3) is 4.26. The zero-order valence-electron chi connectivity index (χ0n) is 15.5. The van der Waals surface area contributed by atoms with Crippen LogP contribution in [0.2, 0.25) is 5.02 Å². The topological polar surface area (TPSA) is 37.4 Å². The van der Waals surface area contributed by atoms with E-state index < -0.39 is 39.2 Å². The van der Waals surface area contributed by atoms with Gasteiger partial charge >= 0.3 is 0 Å². The molecular weight excluding hydrogens is 423 g/mol. The summed E-state index contributed by atoms with van der Waals surface area (Å²) in [7, 11) is -4.31. The van der Waals surface area contributed by atoms with Crippen molar-refractivity contribution >= 4 is 27.3 Å². The van der Waals surface area contributed by atoms with Crippen molar-refractivity contribution in [1.29, 1.82) is 0 Å². The average molecular weight is 440 g/mol. The molecule has 0 amide bonds. The predicted molar refractivity (Wildman–Crippen MR) is 107 cm³/mol. The van der Waals surface area contributed by atoms with Crippen LogP contribution >= 0.6 is 11.6 Å². The van der Waals surface area contributed by atoms with Crippen molar-refractivity contribution in [1.82, 2.24) is 0 Å². The van der Waals surface area contributed by atoms with Crippen LogP contribution in [0.5, 0.6) is 0 Å². The fourth-order valence-electron chi connectivity index (χ4n) is 3.16. The van der Waals surface area contributed by atoms with Crippen molar-refractivity contribution in [3.63, 3.8) is 0 Å². The Bertz CT molecular complexity index is 1150. The maximum Gasteiger partial charge on any atom is 0.264 e. The van der Waals surface area contributed by atoms with E-state index in [9.17, 15) is 21.6 Å². The van der Waals surface area contributed by atoms with Gasteiger partial charge in [0.1, 0.15) is 17.5 Å². The fraction of sp³-hybridized carbons (Fsp3) is 0.143. The van der Waals surface area contributed by atoms with E-state index in [2.05, 4.69) is 0 Å². The molecule has 1 atom stereocenters. The Morgan fingerprint density at radius 2 is 1.48 bits per heavy atom. The second-order valence-electron chi connectivity index (χ2n) is 6.53. The van der Waals surface area contributed by atoms with E-state index in [-0.39, 0.29) is 4.90 Å². The van der Waals surface area contributed by atoms with E-state index in [0.717, 1.165) is 22.5 Å². The average Bonchev–Trinajstić information content (AvgIpc) is 2.65. The van der Waals surface area contributed by atoms with E-state index in [4.69, 9.17) is 11.6 Å². The molecule has 0 radical (unpaired) electrons. The van der Waals surface area contributed by atoms with Crippen molar-refractivity contribution in [3.05, 3.63) is 94.3 Å². The molecule has 0 saturated heterocycles. The summed E-state index contributed by atoms with van der Waals surface area (Å²) in [5.41, 5.74) is 0.481. The van der Waals surface area contributed by atoms with Crippen molar-refractivity contribution in [2.45, 2.75) is 24.8 Å². The minimum absolute atomic E-state index is 0.142. The molecule has 0 N–H and O–H groups in total. The summed E-state index contributed by atoms with van der Waals surface area (Å²) >= 11 is 5.84. The molecule has 3 nitrogen and oxygen atoms in total. The van der Waals surface area contributed by atoms with Crippen molar-refractivity contribution in [2.75, 3.05) is 4.31 Å². The first-order chi connectivity index (χ1) is 13.6. The predicted octanol–water partition coefficient (Wildman–Crippen LogP) is 6.02. The SMILES string of the molecule is Cc1cc(F)ccc1[C@@H](C)N(c1cc(F)ccc1F)S(=O)(=O)c1ccc(Cl)cc1. The molecule has 0 spiro atoms. The lowest BCUT2D eigenvalue weighted by atomic mass is 10.0. The second kappa shape index (κ2) is 8.08. The highest BCUT2D eigenvalue weighted by Crippen LogP contribution is 2.36. The van der Waals surface area contributed by atoms with Gasteiger partial charge in [-0.05, 0) is 73.5 Å². The van der Waals surface area contributed by atoms with Crippen LogP contribution in [-0.4, -0.2) is 8.42 Å². The summed E-state index contributed by atoms with van der Waals surface area (Å²) in [6.07, 6.45) is 0. The van der Waals surface area contributed by atoms with Gasteiger partial charge in [-0.15, -0.1) is 0 Å². The van der Waals surface area contributed by atoms with Crippen molar-refractivity contribution < 1.29 is 21.6 Å². The molecule has 8 heteroatoms. The van der Waals surface area contributed by atoms with Crippen LogP contribution in [-0.2, 0) is 10.0 Å². The number of hydrogen-bond acceptors (Lipinski definition) is 2. The first-order valence-electron chi connectivity index (χ1n) is 8.62. The Kier molecular flexibility index (Phi) is 5.91. The molecule has 0 heterocycles. The maximum absolute atomic E-state index is 14.6. The third-order valence-electron chi connectivity index (χ3n) is 4.55. The standard InChI is InChI=1S/C21H17ClF3NO2S/c1-13-11-16(23)5-9-19(13)14(2)26(21-12-17(24)6-10-20(21)25)29(27,28)18-7-3-15(22)4-8-18/h3-12,14H,1-2H3/t14-/m1/s1. The number of sulfonamides is 1. The monoisotopic (exact) mass is 439 g/mol. The van der Waals surface area contributed by atoms with Crippen molar-refractivity contribution in [2.24, 2.45) is 0 Å². The van der Waals surface area contributed by atoms with Gasteiger partial charge in [0.05, 0.1) is 16.6 Å². The maximum atomic E-state index is 14.6. The molecule has 29 heavy (non-hydrogen) atoms. The van der Waals surface area contributed by atoms with Crippen LogP contribution < -0.4 is 4.31 Å². The lowest BCUT2D eigenvalue weighted by Crippen LogP contribution is -2.35. The van der Waals surface area contributed by atoms with Crippen LogP contribution in [0.4, 0.5) is 18.9 Å². The fourth-order valence-corrected chi connectivity index (χ4v) is 4.92. The molecule has 3 aromatic carbocycles. The van der Waals surface area contributed by atoms with Crippen molar-refractivity contribution in [3.8, 4) is 0 Å². The first-order valence-corrected chi connectivity index (χ1v) is 10.4. The quantitative estimate of drug-likeness (QED) is 0.487. The van der Waals surface area contributed by atoms with E-state index in [1.165, 1.54) is 49.4 Å². The summed E-state index contributed by atoms with van der Waals surface area (Å²) < 4.78 is 69.7. The molecule has 3 rings (SSSR count). The molecular formula is C21H17ClF3NO2S. The Labute approximate surface area is 172 Å². The van der Waals surface area contributed by atoms with E-state index in [1.54, 1.807) is 6.92 Å². The Morgan fingerprint density at radius 1 is 0.897 bits per heavy atom. The molecule has 0 bridgehead atoms. The Hall–Kier alpha value is -2.51. The summed E-state index contributed by atoms with van der Waals surface area (Å²) in [4.78, 5) is -0.142. The molecule has 0 aromatic heterocycles. The minimum atomic E-state index is -4.31. The normalized spacial score (nSPS) is 12.6. The van der Waals surface area contributed by atoms with Gasteiger partial charge < -0.3 is 0 Å². The molecule has 3 aromatic rings. The molecule has 0 fully saturated rings. The molecule has 0 unspecified atom stereocenters. The van der Waals surface area contributed by atoms with Gasteiger partial charge in [-0.2, -0.15) is 0 Å². The van der Waals surface area contributed by atoms with Gasteiger partial charge in [0.25, 0.3) is 10.0 Å². The zero-order chi connectivity index (χ0) is 21.3. The lowest BCUT2D eigenvalue weighted by molar-refractivity contribution is 0.569. The second-order valence-corrected chi connectivity index (χ2v) is 8.78. The highest BCUT2D eigenvalue weighted by atomic mass is 35.5. The smallest absolute Gasteiger partial charge is 0.256 e. The van der Waals surface area contributed by atoms with E-state index in [1.807, 2.05) is 0 Å². The van der Waals surface area contributed by atoms with Gasteiger partial charge in [0.2, 0.25) is 0 Å². The highest BCUT2D eigenvalue weighted by molar-refractivity contribution is 7.92. The summed E-state index contributed by atoms with van der Waals surface area (Å²) in [5.74, 6) is -2.18. The molecule has 152 valence electrons. The van der Waals surface area contributed by atoms with Gasteiger partial charge in [-0.25, -0.2) is 21.6 Å². The van der Waals surface area contributed by atoms with E-state index in [0.29, 0.717) is 16.1 Å². The molecule has 0 saturated carbocycles. The van der Waals surface area contributed by atoms with Gasteiger partial charge in [-0.1, -0.05) is 17.7 Å². The van der Waals surface area contributed by atoms with Gasteiger partial charge in [0.15, 0.2) is 0 Å². The van der Waals surface area contributed by atoms with Crippen LogP contribution in [0.3, 0.4) is 0 Å². The summed E-state index contributed by atoms with van der Waals surface area (Å²) in [5, 5.41) is 0.329. The third-order valence-corrected chi connectivity index (χ3v) is 6.70. The minimum Gasteiger partial charge on any atom is -0.256 e. The number of benzene rings is 3. The van der Waals surface area contributed by atoms with Gasteiger partial charge in [0, 0.05) is 11.1 Å². The number of anilines is 1. The number of halogens is 4. The van der Waals surface area contributed by atoms with Crippen LogP contribution in [0.1, 0.15) is 24.1 Å². The summed E-state index contributed by atoms with van der Waals surface area (Å²) in [6, 6.07) is 10.8. The zero-order valence-corrected chi connectivity index (χ0v) is 17.1. The van der Waals surface area contributed by atoms with Crippen LogP contribution in [0, 0.1) is 24.4 Å². The largest absolute Gasteiger partial charge is 0.264 e. The van der Waals surface area contributed by atoms with E-state index >= 15 is 0 Å². The number of nitrogens with zero attached hydrogens (tertiary/aromatic N) is 1.